The first-order valence-electron chi connectivity index (χ1n) is 11.4. The Kier molecular flexibility index (Phi) is 6.63. The fourth-order valence-electron chi connectivity index (χ4n) is 3.89. The molecule has 34 heavy (non-hydrogen) atoms. The number of carbonyl (C=O) groups is 2. The van der Waals surface area contributed by atoms with Crippen LogP contribution in [-0.4, -0.2) is 47.9 Å². The average molecular weight is 461 g/mol. The molecule has 6 nitrogen and oxygen atoms in total. The summed E-state index contributed by atoms with van der Waals surface area (Å²) in [6.07, 6.45) is 1.65. The van der Waals surface area contributed by atoms with Crippen LogP contribution in [0, 0.1) is 5.82 Å². The van der Waals surface area contributed by atoms with Crippen LogP contribution in [-0.2, 0) is 5.41 Å². The molecule has 0 unspecified atom stereocenters. The third-order valence-electron chi connectivity index (χ3n) is 6.00. The number of piperazine rings is 1. The highest BCUT2D eigenvalue weighted by Gasteiger charge is 2.23. The lowest BCUT2D eigenvalue weighted by Gasteiger charge is -2.35. The van der Waals surface area contributed by atoms with Gasteiger partial charge in [-0.15, -0.1) is 0 Å². The number of rotatable bonds is 4. The Morgan fingerprint density at radius 3 is 2.03 bits per heavy atom. The van der Waals surface area contributed by atoms with E-state index in [1.54, 1.807) is 11.1 Å². The van der Waals surface area contributed by atoms with Crippen molar-refractivity contribution in [3.8, 4) is 0 Å². The summed E-state index contributed by atoms with van der Waals surface area (Å²) in [5.74, 6) is 0.163. The quantitative estimate of drug-likeness (QED) is 0.611. The standard InChI is InChI=1S/C27H29FN4O2/c1-27(2,3)21-8-4-19(5-9-21)25(33)30-23-12-13-24(29-18-23)31-14-16-32(17-15-31)26(34)20-6-10-22(28)11-7-20/h4-13,18H,14-17H2,1-3H3,(H,30,33). The molecule has 0 saturated carbocycles. The van der Waals surface area contributed by atoms with Gasteiger partial charge in [-0.2, -0.15) is 0 Å². The van der Waals surface area contributed by atoms with E-state index in [0.717, 1.165) is 5.82 Å². The van der Waals surface area contributed by atoms with Gasteiger partial charge in [-0.25, -0.2) is 9.37 Å². The molecule has 0 atom stereocenters. The molecular weight excluding hydrogens is 431 g/mol. The van der Waals surface area contributed by atoms with Crippen LogP contribution in [0.4, 0.5) is 15.9 Å². The maximum absolute atomic E-state index is 13.1. The molecule has 3 aromatic rings. The molecule has 4 rings (SSSR count). The van der Waals surface area contributed by atoms with E-state index in [0.29, 0.717) is 43.0 Å². The molecular formula is C27H29FN4O2. The van der Waals surface area contributed by atoms with Gasteiger partial charge < -0.3 is 15.1 Å². The summed E-state index contributed by atoms with van der Waals surface area (Å²) in [6, 6.07) is 17.0. The predicted molar refractivity (Wildman–Crippen MR) is 132 cm³/mol. The van der Waals surface area contributed by atoms with Crippen molar-refractivity contribution in [3.63, 3.8) is 0 Å². The fourth-order valence-corrected chi connectivity index (χ4v) is 3.89. The van der Waals surface area contributed by atoms with Crippen molar-refractivity contribution in [2.45, 2.75) is 26.2 Å². The third-order valence-corrected chi connectivity index (χ3v) is 6.00. The number of aromatic nitrogens is 1. The van der Waals surface area contributed by atoms with Gasteiger partial charge in [0.25, 0.3) is 11.8 Å². The van der Waals surface area contributed by atoms with E-state index in [1.807, 2.05) is 36.4 Å². The average Bonchev–Trinajstić information content (AvgIpc) is 2.84. The molecule has 0 bridgehead atoms. The molecule has 7 heteroatoms. The van der Waals surface area contributed by atoms with Crippen molar-refractivity contribution >= 4 is 23.3 Å². The van der Waals surface area contributed by atoms with Crippen LogP contribution >= 0.6 is 0 Å². The molecule has 2 heterocycles. The summed E-state index contributed by atoms with van der Waals surface area (Å²) in [5.41, 5.74) is 2.92. The predicted octanol–water partition coefficient (Wildman–Crippen LogP) is 4.73. The summed E-state index contributed by atoms with van der Waals surface area (Å²) in [7, 11) is 0. The number of amides is 2. The highest BCUT2D eigenvalue weighted by molar-refractivity contribution is 6.04. The Hall–Kier alpha value is -3.74. The van der Waals surface area contributed by atoms with Crippen molar-refractivity contribution in [1.82, 2.24) is 9.88 Å². The Morgan fingerprint density at radius 2 is 1.47 bits per heavy atom. The molecule has 176 valence electrons. The number of nitrogens with zero attached hydrogens (tertiary/aromatic N) is 3. The molecule has 0 radical (unpaired) electrons. The minimum Gasteiger partial charge on any atom is -0.353 e. The Bertz CT molecular complexity index is 1150. The van der Waals surface area contributed by atoms with Crippen LogP contribution in [0.3, 0.4) is 0 Å². The number of carbonyl (C=O) groups excluding carboxylic acids is 2. The molecule has 1 aliphatic heterocycles. The lowest BCUT2D eigenvalue weighted by Crippen LogP contribution is -2.49. The number of pyridine rings is 1. The zero-order chi connectivity index (χ0) is 24.3. The van der Waals surface area contributed by atoms with Crippen LogP contribution in [0.5, 0.6) is 0 Å². The highest BCUT2D eigenvalue weighted by atomic mass is 19.1. The van der Waals surface area contributed by atoms with Crippen molar-refractivity contribution in [1.29, 1.82) is 0 Å². The van der Waals surface area contributed by atoms with Crippen molar-refractivity contribution in [3.05, 3.63) is 89.4 Å². The molecule has 1 N–H and O–H groups in total. The summed E-state index contributed by atoms with van der Waals surface area (Å²) >= 11 is 0. The molecule has 0 spiro atoms. The van der Waals surface area contributed by atoms with Crippen molar-refractivity contribution < 1.29 is 14.0 Å². The van der Waals surface area contributed by atoms with Gasteiger partial charge >= 0.3 is 0 Å². The van der Waals surface area contributed by atoms with E-state index in [1.165, 1.54) is 29.8 Å². The van der Waals surface area contributed by atoms with Crippen LogP contribution in [0.2, 0.25) is 0 Å². The topological polar surface area (TPSA) is 65.5 Å². The summed E-state index contributed by atoms with van der Waals surface area (Å²) in [4.78, 5) is 33.6. The summed E-state index contributed by atoms with van der Waals surface area (Å²) in [5, 5.41) is 2.89. The van der Waals surface area contributed by atoms with Gasteiger partial charge in [-0.3, -0.25) is 9.59 Å². The molecule has 2 aromatic carbocycles. The molecule has 1 aromatic heterocycles. The summed E-state index contributed by atoms with van der Waals surface area (Å²) < 4.78 is 13.1. The molecule has 0 aliphatic carbocycles. The van der Waals surface area contributed by atoms with E-state index in [9.17, 15) is 14.0 Å². The first-order valence-corrected chi connectivity index (χ1v) is 11.4. The van der Waals surface area contributed by atoms with Gasteiger partial charge in [-0.1, -0.05) is 32.9 Å². The minimum atomic E-state index is -0.356. The van der Waals surface area contributed by atoms with Crippen LogP contribution < -0.4 is 10.2 Å². The van der Waals surface area contributed by atoms with Gasteiger partial charge in [0.2, 0.25) is 0 Å². The number of nitrogens with one attached hydrogen (secondary N) is 1. The third kappa shape index (κ3) is 5.42. The first kappa shape index (κ1) is 23.4. The van der Waals surface area contributed by atoms with Crippen LogP contribution in [0.15, 0.2) is 66.9 Å². The number of benzene rings is 2. The Morgan fingerprint density at radius 1 is 0.853 bits per heavy atom. The zero-order valence-electron chi connectivity index (χ0n) is 19.7. The second kappa shape index (κ2) is 9.63. The lowest BCUT2D eigenvalue weighted by molar-refractivity contribution is 0.0746. The number of hydrogen-bond donors (Lipinski definition) is 1. The second-order valence-electron chi connectivity index (χ2n) is 9.47. The van der Waals surface area contributed by atoms with Gasteiger partial charge in [0.15, 0.2) is 0 Å². The van der Waals surface area contributed by atoms with E-state index in [4.69, 9.17) is 0 Å². The van der Waals surface area contributed by atoms with Gasteiger partial charge in [0, 0.05) is 37.3 Å². The van der Waals surface area contributed by atoms with Crippen LogP contribution in [0.1, 0.15) is 47.1 Å². The summed E-state index contributed by atoms with van der Waals surface area (Å²) in [6.45, 7) is 8.81. The molecule has 1 saturated heterocycles. The van der Waals surface area contributed by atoms with Crippen molar-refractivity contribution in [2.24, 2.45) is 0 Å². The number of anilines is 2. The monoisotopic (exact) mass is 460 g/mol. The second-order valence-corrected chi connectivity index (χ2v) is 9.47. The largest absolute Gasteiger partial charge is 0.353 e. The first-order chi connectivity index (χ1) is 16.2. The van der Waals surface area contributed by atoms with Crippen LogP contribution in [0.25, 0.3) is 0 Å². The minimum absolute atomic E-state index is 0.0362. The maximum atomic E-state index is 13.1. The number of hydrogen-bond acceptors (Lipinski definition) is 4. The molecule has 1 fully saturated rings. The van der Waals surface area contributed by atoms with E-state index >= 15 is 0 Å². The van der Waals surface area contributed by atoms with E-state index < -0.39 is 0 Å². The lowest BCUT2D eigenvalue weighted by atomic mass is 9.87. The maximum Gasteiger partial charge on any atom is 0.255 e. The molecule has 2 amide bonds. The van der Waals surface area contributed by atoms with E-state index in [-0.39, 0.29) is 23.0 Å². The van der Waals surface area contributed by atoms with Gasteiger partial charge in [-0.05, 0) is 59.5 Å². The fraction of sp³-hybridized carbons (Fsp3) is 0.296. The Balaban J connectivity index is 1.32. The Labute approximate surface area is 199 Å². The van der Waals surface area contributed by atoms with E-state index in [2.05, 4.69) is 36.0 Å². The van der Waals surface area contributed by atoms with Gasteiger partial charge in [0.05, 0.1) is 11.9 Å². The number of halogens is 1. The highest BCUT2D eigenvalue weighted by Crippen LogP contribution is 2.23. The zero-order valence-corrected chi connectivity index (χ0v) is 19.7. The normalized spacial score (nSPS) is 14.1. The van der Waals surface area contributed by atoms with Gasteiger partial charge in [0.1, 0.15) is 11.6 Å². The SMILES string of the molecule is CC(C)(C)c1ccc(C(=O)Nc2ccc(N3CCN(C(=O)c4ccc(F)cc4)CC3)nc2)cc1. The molecule has 1 aliphatic rings. The smallest absolute Gasteiger partial charge is 0.255 e. The van der Waals surface area contributed by atoms with Crippen molar-refractivity contribution in [2.75, 3.05) is 36.4 Å².